The van der Waals surface area contributed by atoms with Gasteiger partial charge in [0, 0.05) is 28.7 Å². The molecule has 0 saturated heterocycles. The van der Waals surface area contributed by atoms with Crippen LogP contribution in [0.25, 0.3) is 22.0 Å². The number of hydrogen-bond donors (Lipinski definition) is 2. The molecule has 2 aromatic carbocycles. The number of aryl methyl sites for hydroxylation is 3. The highest BCUT2D eigenvalue weighted by molar-refractivity contribution is 6.30. The van der Waals surface area contributed by atoms with Gasteiger partial charge >= 0.3 is 6.03 Å². The Bertz CT molecular complexity index is 1020. The molecule has 28 heavy (non-hydrogen) atoms. The van der Waals surface area contributed by atoms with E-state index in [0.29, 0.717) is 0 Å². The van der Waals surface area contributed by atoms with Crippen molar-refractivity contribution < 1.29 is 4.79 Å². The number of amides is 2. The van der Waals surface area contributed by atoms with Crippen LogP contribution in [0, 0.1) is 20.8 Å². The molecule has 2 amide bonds. The molecular formula is C23H26ClN3O. The summed E-state index contributed by atoms with van der Waals surface area (Å²) in [6.45, 7) is 8.21. The number of para-hydroxylation sites is 1. The molecule has 0 radical (unpaired) electrons. The summed E-state index contributed by atoms with van der Waals surface area (Å²) in [6, 6.07) is 12.0. The van der Waals surface area contributed by atoms with E-state index in [2.05, 4.69) is 55.7 Å². The average molecular weight is 396 g/mol. The van der Waals surface area contributed by atoms with Crippen LogP contribution in [0.4, 0.5) is 4.79 Å². The average Bonchev–Trinajstić information content (AvgIpc) is 2.64. The van der Waals surface area contributed by atoms with E-state index in [-0.39, 0.29) is 12.1 Å². The van der Waals surface area contributed by atoms with Crippen molar-refractivity contribution in [1.82, 2.24) is 15.6 Å². The normalized spacial score (nSPS) is 12.1. The first-order valence-electron chi connectivity index (χ1n) is 9.51. The molecule has 1 atom stereocenters. The molecule has 1 unspecified atom stereocenters. The predicted octanol–water partition coefficient (Wildman–Crippen LogP) is 5.86. The summed E-state index contributed by atoms with van der Waals surface area (Å²) in [5.41, 5.74) is 7.45. The Hall–Kier alpha value is -2.59. The summed E-state index contributed by atoms with van der Waals surface area (Å²) in [4.78, 5) is 16.8. The van der Waals surface area contributed by atoms with Crippen molar-refractivity contribution in [3.63, 3.8) is 0 Å². The van der Waals surface area contributed by atoms with Crippen LogP contribution >= 0.6 is 11.6 Å². The molecule has 3 rings (SSSR count). The van der Waals surface area contributed by atoms with E-state index in [9.17, 15) is 4.79 Å². The van der Waals surface area contributed by atoms with Gasteiger partial charge in [0.1, 0.15) is 0 Å². The second-order valence-corrected chi connectivity index (χ2v) is 7.59. The Balaban J connectivity index is 2.27. The van der Waals surface area contributed by atoms with Crippen LogP contribution in [0.5, 0.6) is 0 Å². The number of halogens is 1. The van der Waals surface area contributed by atoms with Gasteiger partial charge in [-0.1, -0.05) is 36.7 Å². The van der Waals surface area contributed by atoms with Gasteiger partial charge in [0.05, 0.1) is 11.6 Å². The largest absolute Gasteiger partial charge is 0.341 e. The Kier molecular flexibility index (Phi) is 5.90. The molecule has 1 heterocycles. The molecule has 2 N–H and O–H groups in total. The van der Waals surface area contributed by atoms with Gasteiger partial charge in [0.2, 0.25) is 0 Å². The van der Waals surface area contributed by atoms with Gasteiger partial charge in [-0.15, -0.1) is 0 Å². The van der Waals surface area contributed by atoms with Gasteiger partial charge in [0.25, 0.3) is 0 Å². The number of benzene rings is 2. The minimum absolute atomic E-state index is 0.0909. The molecule has 0 fully saturated rings. The van der Waals surface area contributed by atoms with E-state index >= 15 is 0 Å². The molecule has 0 bridgehead atoms. The van der Waals surface area contributed by atoms with Crippen LogP contribution < -0.4 is 10.6 Å². The molecule has 146 valence electrons. The van der Waals surface area contributed by atoms with Crippen molar-refractivity contribution >= 4 is 28.5 Å². The number of nitrogens with zero attached hydrogens (tertiary/aromatic N) is 1. The number of aromatic nitrogens is 1. The molecule has 4 nitrogen and oxygen atoms in total. The maximum absolute atomic E-state index is 11.9. The van der Waals surface area contributed by atoms with E-state index in [0.717, 1.165) is 55.9 Å². The lowest BCUT2D eigenvalue weighted by molar-refractivity contribution is 0.239. The molecular weight excluding hydrogens is 370 g/mol. The Morgan fingerprint density at radius 3 is 2.43 bits per heavy atom. The zero-order chi connectivity index (χ0) is 20.4. The van der Waals surface area contributed by atoms with E-state index < -0.39 is 0 Å². The third-order valence-corrected chi connectivity index (χ3v) is 5.30. The summed E-state index contributed by atoms with van der Waals surface area (Å²) in [5.74, 6) is 0. The minimum atomic E-state index is -0.185. The Morgan fingerprint density at radius 1 is 1.14 bits per heavy atom. The van der Waals surface area contributed by atoms with Crippen LogP contribution in [0.1, 0.15) is 41.8 Å². The maximum Gasteiger partial charge on any atom is 0.315 e. The van der Waals surface area contributed by atoms with Gasteiger partial charge in [0.15, 0.2) is 0 Å². The first-order valence-corrected chi connectivity index (χ1v) is 9.89. The van der Waals surface area contributed by atoms with Crippen molar-refractivity contribution in [3.8, 4) is 11.1 Å². The number of nitrogens with one attached hydrogen (secondary N) is 2. The SMILES string of the molecule is CCC(NC(=O)NC)c1cc(C)nc2c(-c3c(C)cc(Cl)cc3C)cccc12. The molecule has 1 aromatic heterocycles. The first-order chi connectivity index (χ1) is 13.3. The summed E-state index contributed by atoms with van der Waals surface area (Å²) in [6.07, 6.45) is 0.787. The molecule has 0 spiro atoms. The van der Waals surface area contributed by atoms with Crippen molar-refractivity contribution in [3.05, 3.63) is 63.8 Å². The van der Waals surface area contributed by atoms with Crippen LogP contribution in [-0.2, 0) is 0 Å². The summed E-state index contributed by atoms with van der Waals surface area (Å²) >= 11 is 6.24. The number of pyridine rings is 1. The smallest absolute Gasteiger partial charge is 0.315 e. The van der Waals surface area contributed by atoms with E-state index in [1.54, 1.807) is 7.05 Å². The highest BCUT2D eigenvalue weighted by Crippen LogP contribution is 2.36. The maximum atomic E-state index is 11.9. The van der Waals surface area contributed by atoms with Gasteiger partial charge in [-0.3, -0.25) is 4.98 Å². The Labute approximate surface area is 171 Å². The van der Waals surface area contributed by atoms with Crippen LogP contribution in [0.15, 0.2) is 36.4 Å². The highest BCUT2D eigenvalue weighted by atomic mass is 35.5. The van der Waals surface area contributed by atoms with Crippen molar-refractivity contribution in [2.45, 2.75) is 40.2 Å². The van der Waals surface area contributed by atoms with Crippen LogP contribution in [0.3, 0.4) is 0 Å². The number of carbonyl (C=O) groups excluding carboxylic acids is 1. The quantitative estimate of drug-likeness (QED) is 0.581. The lowest BCUT2D eigenvalue weighted by atomic mass is 9.91. The van der Waals surface area contributed by atoms with Crippen LogP contribution in [-0.4, -0.2) is 18.1 Å². The zero-order valence-corrected chi connectivity index (χ0v) is 17.7. The molecule has 5 heteroatoms. The van der Waals surface area contributed by atoms with Gasteiger partial charge in [-0.25, -0.2) is 4.79 Å². The number of hydrogen-bond acceptors (Lipinski definition) is 2. The van der Waals surface area contributed by atoms with Gasteiger partial charge < -0.3 is 10.6 Å². The predicted molar refractivity (Wildman–Crippen MR) is 117 cm³/mol. The molecule has 3 aromatic rings. The van der Waals surface area contributed by atoms with Gasteiger partial charge in [-0.05, 0) is 67.6 Å². The minimum Gasteiger partial charge on any atom is -0.341 e. The molecule has 0 aliphatic rings. The summed E-state index contributed by atoms with van der Waals surface area (Å²) in [7, 11) is 1.63. The fraction of sp³-hybridized carbons (Fsp3) is 0.304. The van der Waals surface area contributed by atoms with Crippen molar-refractivity contribution in [1.29, 1.82) is 0 Å². The third kappa shape index (κ3) is 3.83. The van der Waals surface area contributed by atoms with E-state index in [1.807, 2.05) is 19.1 Å². The van der Waals surface area contributed by atoms with E-state index in [1.165, 1.54) is 0 Å². The lowest BCUT2D eigenvalue weighted by Crippen LogP contribution is -2.35. The van der Waals surface area contributed by atoms with Crippen LogP contribution in [0.2, 0.25) is 5.02 Å². The lowest BCUT2D eigenvalue weighted by Gasteiger charge is -2.21. The molecule has 0 aliphatic carbocycles. The number of urea groups is 1. The fourth-order valence-corrected chi connectivity index (χ4v) is 4.19. The third-order valence-electron chi connectivity index (χ3n) is 5.08. The summed E-state index contributed by atoms with van der Waals surface area (Å²) in [5, 5.41) is 7.48. The van der Waals surface area contributed by atoms with Crippen molar-refractivity contribution in [2.75, 3.05) is 7.05 Å². The van der Waals surface area contributed by atoms with Crippen molar-refractivity contribution in [2.24, 2.45) is 0 Å². The fourth-order valence-electron chi connectivity index (χ4n) is 3.86. The zero-order valence-electron chi connectivity index (χ0n) is 17.0. The first kappa shape index (κ1) is 20.2. The monoisotopic (exact) mass is 395 g/mol. The second-order valence-electron chi connectivity index (χ2n) is 7.15. The number of fused-ring (bicyclic) bond motifs is 1. The standard InChI is InChI=1S/C23H26ClN3O/c1-6-20(27-23(28)25-5)19-12-15(4)26-22-17(19)8-7-9-18(22)21-13(2)10-16(24)11-14(21)3/h7-12,20H,6H2,1-5H3,(H2,25,27,28). The van der Waals surface area contributed by atoms with E-state index in [4.69, 9.17) is 16.6 Å². The highest BCUT2D eigenvalue weighted by Gasteiger charge is 2.19. The molecule has 0 aliphatic heterocycles. The van der Waals surface area contributed by atoms with Gasteiger partial charge in [-0.2, -0.15) is 0 Å². The number of carbonyl (C=O) groups is 1. The summed E-state index contributed by atoms with van der Waals surface area (Å²) < 4.78 is 0. The Morgan fingerprint density at radius 2 is 1.82 bits per heavy atom. The second kappa shape index (κ2) is 8.19. The topological polar surface area (TPSA) is 54.0 Å². The molecule has 0 saturated carbocycles. The number of rotatable bonds is 4.